The maximum Gasteiger partial charge on any atom is 0.328 e. The molecular formula is C28H36N8O4. The molecule has 0 radical (unpaired) electrons. The lowest BCUT2D eigenvalue weighted by molar-refractivity contribution is -0.108. The van der Waals surface area contributed by atoms with Crippen LogP contribution in [0.15, 0.2) is 18.3 Å². The molecule has 12 nitrogen and oxygen atoms in total. The number of amides is 2. The van der Waals surface area contributed by atoms with Crippen LogP contribution in [0.3, 0.4) is 0 Å². The Morgan fingerprint density at radius 1 is 1.25 bits per heavy atom. The number of rotatable bonds is 12. The minimum Gasteiger partial charge on any atom is -0.381 e. The molecule has 3 heterocycles. The first-order valence-electron chi connectivity index (χ1n) is 13.4. The first-order chi connectivity index (χ1) is 19.3. The average molecular weight is 549 g/mol. The van der Waals surface area contributed by atoms with E-state index in [1.165, 1.54) is 11.1 Å². The summed E-state index contributed by atoms with van der Waals surface area (Å²) < 4.78 is 5.33. The highest BCUT2D eigenvalue weighted by atomic mass is 16.5. The van der Waals surface area contributed by atoms with Gasteiger partial charge in [-0.05, 0) is 57.0 Å². The number of aldehydes is 2. The van der Waals surface area contributed by atoms with Gasteiger partial charge in [-0.2, -0.15) is 5.26 Å². The summed E-state index contributed by atoms with van der Waals surface area (Å²) in [6.45, 7) is 2.78. The lowest BCUT2D eigenvalue weighted by Gasteiger charge is -2.35. The first-order valence-corrected chi connectivity index (χ1v) is 13.4. The number of pyridine rings is 2. The number of nitriles is 1. The predicted octanol–water partition coefficient (Wildman–Crippen LogP) is 2.30. The molecule has 212 valence electrons. The highest BCUT2D eigenvalue weighted by Gasteiger charge is 2.30. The number of ether oxygens (including phenoxy) is 1. The Labute approximate surface area is 234 Å². The van der Waals surface area contributed by atoms with Gasteiger partial charge >= 0.3 is 6.03 Å². The van der Waals surface area contributed by atoms with Crippen molar-refractivity contribution < 1.29 is 19.1 Å². The summed E-state index contributed by atoms with van der Waals surface area (Å²) in [5, 5.41) is 15.7. The predicted molar refractivity (Wildman–Crippen MR) is 151 cm³/mol. The molecule has 1 fully saturated rings. The van der Waals surface area contributed by atoms with Crippen molar-refractivity contribution in [1.29, 1.82) is 5.26 Å². The number of aryl methyl sites for hydroxylation is 1. The first kappa shape index (κ1) is 29.1. The molecule has 1 aliphatic carbocycles. The molecule has 0 aromatic carbocycles. The molecular weight excluding hydrogens is 512 g/mol. The quantitative estimate of drug-likeness (QED) is 0.379. The summed E-state index contributed by atoms with van der Waals surface area (Å²) in [7, 11) is 5.53. The summed E-state index contributed by atoms with van der Waals surface area (Å²) >= 11 is 0. The Morgan fingerprint density at radius 3 is 2.73 bits per heavy atom. The number of nitrogens with one attached hydrogen (secondary N) is 2. The van der Waals surface area contributed by atoms with Crippen molar-refractivity contribution >= 4 is 35.9 Å². The average Bonchev–Trinajstić information content (AvgIpc) is 2.93. The van der Waals surface area contributed by atoms with Crippen LogP contribution >= 0.6 is 0 Å². The van der Waals surface area contributed by atoms with E-state index < -0.39 is 6.03 Å². The minimum absolute atomic E-state index is 0.188. The van der Waals surface area contributed by atoms with Crippen LogP contribution in [0.5, 0.6) is 0 Å². The van der Waals surface area contributed by atoms with Crippen LogP contribution in [-0.4, -0.2) is 97.9 Å². The summed E-state index contributed by atoms with van der Waals surface area (Å²) in [4.78, 5) is 50.4. The highest BCUT2D eigenvalue weighted by molar-refractivity contribution is 6.01. The third kappa shape index (κ3) is 6.98. The molecule has 12 heteroatoms. The number of methoxy groups -OCH3 is 1. The zero-order valence-electron chi connectivity index (χ0n) is 23.2. The van der Waals surface area contributed by atoms with Crippen LogP contribution in [0.25, 0.3) is 0 Å². The SMILES string of the molecule is COC1CC(Nc2cc(NC(=O)N3CCCc4cc(CN(C)CCN(C)CC=O)c(C=O)nc43)ncc2C#N)C1. The van der Waals surface area contributed by atoms with Gasteiger partial charge in [0, 0.05) is 51.6 Å². The molecule has 2 N–H and O–H groups in total. The zero-order chi connectivity index (χ0) is 28.6. The Balaban J connectivity index is 1.46. The minimum atomic E-state index is -0.403. The van der Waals surface area contributed by atoms with Crippen molar-refractivity contribution in [3.63, 3.8) is 0 Å². The van der Waals surface area contributed by atoms with Gasteiger partial charge in [0.05, 0.1) is 23.9 Å². The number of hydrogen-bond acceptors (Lipinski definition) is 10. The van der Waals surface area contributed by atoms with E-state index in [1.807, 2.05) is 25.1 Å². The monoisotopic (exact) mass is 548 g/mol. The van der Waals surface area contributed by atoms with E-state index in [0.717, 1.165) is 55.9 Å². The number of carbonyl (C=O) groups is 3. The van der Waals surface area contributed by atoms with Gasteiger partial charge in [0.15, 0.2) is 6.29 Å². The Morgan fingerprint density at radius 2 is 2.02 bits per heavy atom. The van der Waals surface area contributed by atoms with Crippen LogP contribution in [-0.2, 0) is 22.5 Å². The molecule has 1 aliphatic heterocycles. The summed E-state index contributed by atoms with van der Waals surface area (Å²) in [6, 6.07) is 5.55. The van der Waals surface area contributed by atoms with E-state index in [4.69, 9.17) is 4.74 Å². The van der Waals surface area contributed by atoms with E-state index in [9.17, 15) is 19.6 Å². The van der Waals surface area contributed by atoms with Crippen molar-refractivity contribution in [3.8, 4) is 6.07 Å². The van der Waals surface area contributed by atoms with Gasteiger partial charge in [0.1, 0.15) is 29.7 Å². The fourth-order valence-electron chi connectivity index (χ4n) is 4.92. The van der Waals surface area contributed by atoms with Crippen LogP contribution in [0.1, 0.15) is 46.4 Å². The molecule has 1 saturated carbocycles. The van der Waals surface area contributed by atoms with Crippen LogP contribution in [0.2, 0.25) is 0 Å². The number of likely N-dealkylation sites (N-methyl/N-ethyl adjacent to an activating group) is 2. The number of urea groups is 1. The molecule has 2 aromatic heterocycles. The fourth-order valence-corrected chi connectivity index (χ4v) is 4.92. The lowest BCUT2D eigenvalue weighted by atomic mass is 9.89. The third-order valence-electron chi connectivity index (χ3n) is 7.37. The van der Waals surface area contributed by atoms with Crippen LogP contribution < -0.4 is 15.5 Å². The zero-order valence-corrected chi connectivity index (χ0v) is 23.2. The number of fused-ring (bicyclic) bond motifs is 1. The van der Waals surface area contributed by atoms with E-state index in [1.54, 1.807) is 13.2 Å². The van der Waals surface area contributed by atoms with Crippen molar-refractivity contribution in [2.75, 3.05) is 62.9 Å². The number of aromatic nitrogens is 2. The molecule has 2 aliphatic rings. The lowest BCUT2D eigenvalue weighted by Crippen LogP contribution is -2.40. The Bertz CT molecular complexity index is 1270. The maximum atomic E-state index is 13.3. The fraction of sp³-hybridized carbons (Fsp3) is 0.500. The Hall–Kier alpha value is -3.92. The largest absolute Gasteiger partial charge is 0.381 e. The van der Waals surface area contributed by atoms with Crippen molar-refractivity contribution in [3.05, 3.63) is 40.7 Å². The molecule has 2 aromatic rings. The van der Waals surface area contributed by atoms with Gasteiger partial charge in [0.25, 0.3) is 0 Å². The second-order valence-electron chi connectivity index (χ2n) is 10.4. The van der Waals surface area contributed by atoms with Gasteiger partial charge in [-0.1, -0.05) is 0 Å². The van der Waals surface area contributed by atoms with E-state index in [2.05, 4.69) is 31.6 Å². The number of nitrogens with zero attached hydrogens (tertiary/aromatic N) is 6. The second-order valence-corrected chi connectivity index (χ2v) is 10.4. The van der Waals surface area contributed by atoms with Crippen LogP contribution in [0.4, 0.5) is 22.1 Å². The maximum absolute atomic E-state index is 13.3. The molecule has 2 amide bonds. The summed E-state index contributed by atoms with van der Waals surface area (Å²) in [5.41, 5.74) is 3.00. The van der Waals surface area contributed by atoms with Gasteiger partial charge < -0.3 is 19.7 Å². The molecule has 0 unspecified atom stereocenters. The van der Waals surface area contributed by atoms with Crippen molar-refractivity contribution in [1.82, 2.24) is 19.8 Å². The van der Waals surface area contributed by atoms with Gasteiger partial charge in [-0.25, -0.2) is 14.8 Å². The van der Waals surface area contributed by atoms with Crippen LogP contribution in [0, 0.1) is 11.3 Å². The molecule has 0 atom stereocenters. The normalized spacial score (nSPS) is 18.1. The van der Waals surface area contributed by atoms with E-state index >= 15 is 0 Å². The standard InChI is InChI=1S/C28H36N8O4/c1-34(9-10-37)7-8-35(2)17-20-11-19-5-4-6-36(27(19)32-25(20)18-38)28(39)33-26-14-24(21(15-29)16-30-26)31-22-12-23(13-22)40-3/h10-11,14,16,18,22-23H,4-9,12-13,17H2,1-3H3,(H2,30,31,33,39). The number of carbonyl (C=O) groups excluding carboxylic acids is 3. The summed E-state index contributed by atoms with van der Waals surface area (Å²) in [5.74, 6) is 0.782. The molecule has 4 rings (SSSR count). The van der Waals surface area contributed by atoms with Gasteiger partial charge in [-0.3, -0.25) is 19.9 Å². The molecule has 0 bridgehead atoms. The topological polar surface area (TPSA) is 144 Å². The van der Waals surface area contributed by atoms with E-state index in [0.29, 0.717) is 54.8 Å². The smallest absolute Gasteiger partial charge is 0.328 e. The number of anilines is 3. The number of hydrogen-bond donors (Lipinski definition) is 2. The summed E-state index contributed by atoms with van der Waals surface area (Å²) in [6.07, 6.45) is 6.44. The highest BCUT2D eigenvalue weighted by Crippen LogP contribution is 2.30. The second kappa shape index (κ2) is 13.4. The van der Waals surface area contributed by atoms with Crippen molar-refractivity contribution in [2.45, 2.75) is 44.4 Å². The van der Waals surface area contributed by atoms with Crippen molar-refractivity contribution in [2.24, 2.45) is 0 Å². The van der Waals surface area contributed by atoms with Gasteiger partial charge in [-0.15, -0.1) is 0 Å². The van der Waals surface area contributed by atoms with Gasteiger partial charge in [0.2, 0.25) is 0 Å². The third-order valence-corrected chi connectivity index (χ3v) is 7.37. The molecule has 0 saturated heterocycles. The Kier molecular flexibility index (Phi) is 9.76. The molecule has 0 spiro atoms. The van der Waals surface area contributed by atoms with E-state index in [-0.39, 0.29) is 12.1 Å². The molecule has 40 heavy (non-hydrogen) atoms.